The number of hydrogen-bond acceptors (Lipinski definition) is 8. The molecule has 1 aromatic heterocycles. The molecule has 2 heterocycles. The molecule has 5 rings (SSSR count). The Labute approximate surface area is 206 Å². The maximum absolute atomic E-state index is 12.9. The summed E-state index contributed by atoms with van der Waals surface area (Å²) in [5, 5.41) is 9.52. The fourth-order valence-electron chi connectivity index (χ4n) is 4.61. The van der Waals surface area contributed by atoms with Gasteiger partial charge in [-0.3, -0.25) is 0 Å². The van der Waals surface area contributed by atoms with Crippen LogP contribution in [0.5, 0.6) is 5.75 Å². The largest absolute Gasteiger partial charge is 0.495 e. The number of rotatable bonds is 7. The number of aromatic nitrogens is 2. The van der Waals surface area contributed by atoms with E-state index in [0.717, 1.165) is 30.1 Å². The van der Waals surface area contributed by atoms with Gasteiger partial charge < -0.3 is 20.7 Å². The number of nitrogens with zero attached hydrogens (tertiary/aromatic N) is 2. The lowest BCUT2D eigenvalue weighted by atomic mass is 9.87. The molecule has 0 saturated heterocycles. The van der Waals surface area contributed by atoms with Gasteiger partial charge in [0.2, 0.25) is 5.95 Å². The van der Waals surface area contributed by atoms with E-state index >= 15 is 0 Å². The summed E-state index contributed by atoms with van der Waals surface area (Å²) in [5.41, 5.74) is 4.96. The van der Waals surface area contributed by atoms with Gasteiger partial charge in [0.05, 0.1) is 28.6 Å². The van der Waals surface area contributed by atoms with Crippen LogP contribution in [-0.2, 0) is 21.8 Å². The summed E-state index contributed by atoms with van der Waals surface area (Å²) in [6.45, 7) is 7.07. The molecule has 8 nitrogen and oxygen atoms in total. The maximum atomic E-state index is 12.9. The molecule has 1 fully saturated rings. The van der Waals surface area contributed by atoms with Crippen LogP contribution in [0.1, 0.15) is 43.4 Å². The molecule has 0 radical (unpaired) electrons. The van der Waals surface area contributed by atoms with Gasteiger partial charge in [-0.15, -0.1) is 0 Å². The van der Waals surface area contributed by atoms with Crippen molar-refractivity contribution in [3.05, 3.63) is 59.3 Å². The Bertz CT molecular complexity index is 1380. The smallest absolute Gasteiger partial charge is 0.229 e. The van der Waals surface area contributed by atoms with Crippen molar-refractivity contribution in [2.24, 2.45) is 0 Å². The van der Waals surface area contributed by atoms with E-state index in [0.29, 0.717) is 17.5 Å². The number of fused-ring (bicyclic) bond motifs is 2. The Hall–Kier alpha value is -3.17. The number of nitrogens with one attached hydrogen (secondary N) is 3. The zero-order valence-corrected chi connectivity index (χ0v) is 21.3. The van der Waals surface area contributed by atoms with Gasteiger partial charge in [0, 0.05) is 30.3 Å². The van der Waals surface area contributed by atoms with E-state index < -0.39 is 15.1 Å². The Morgan fingerprint density at radius 1 is 1.11 bits per heavy atom. The standard InChI is InChI=1S/C26H31N5O3S/c1-16(2)35(32,33)23-8-6-5-7-20(23)29-24-17(3)13-28-25(31-24)30-21-11-18-14-27-15-26(9-10-26)19(18)12-22(21)34-4/h5-8,11-13,16,27H,9-10,14-15H2,1-4H3,(H2,28,29,30,31). The van der Waals surface area contributed by atoms with Gasteiger partial charge in [0.25, 0.3) is 0 Å². The summed E-state index contributed by atoms with van der Waals surface area (Å²) in [6, 6.07) is 11.1. The van der Waals surface area contributed by atoms with Gasteiger partial charge in [-0.05, 0) is 69.0 Å². The highest BCUT2D eigenvalue weighted by molar-refractivity contribution is 7.92. The lowest BCUT2D eigenvalue weighted by Crippen LogP contribution is -2.33. The lowest BCUT2D eigenvalue weighted by Gasteiger charge is -2.28. The van der Waals surface area contributed by atoms with E-state index in [1.165, 1.54) is 24.0 Å². The number of anilines is 4. The van der Waals surface area contributed by atoms with Crippen LogP contribution in [0.2, 0.25) is 0 Å². The minimum absolute atomic E-state index is 0.250. The molecule has 0 unspecified atom stereocenters. The summed E-state index contributed by atoms with van der Waals surface area (Å²) >= 11 is 0. The Kier molecular flexibility index (Phi) is 5.93. The molecule has 0 bridgehead atoms. The van der Waals surface area contributed by atoms with Crippen molar-refractivity contribution in [2.45, 2.75) is 55.7 Å². The van der Waals surface area contributed by atoms with Gasteiger partial charge in [0.1, 0.15) is 11.6 Å². The zero-order valence-electron chi connectivity index (χ0n) is 20.5. The third-order valence-corrected chi connectivity index (χ3v) is 9.12. The van der Waals surface area contributed by atoms with Crippen LogP contribution < -0.4 is 20.7 Å². The average Bonchev–Trinajstić information content (AvgIpc) is 3.61. The lowest BCUT2D eigenvalue weighted by molar-refractivity contribution is 0.413. The van der Waals surface area contributed by atoms with Crippen molar-refractivity contribution in [3.8, 4) is 5.75 Å². The number of sulfone groups is 1. The van der Waals surface area contributed by atoms with Crippen molar-refractivity contribution >= 4 is 33.0 Å². The minimum Gasteiger partial charge on any atom is -0.495 e. The normalized spacial score (nSPS) is 16.1. The summed E-state index contributed by atoms with van der Waals surface area (Å²) in [5.74, 6) is 1.68. The first-order chi connectivity index (χ1) is 16.7. The second-order valence-electron chi connectivity index (χ2n) is 9.66. The number of hydrogen-bond donors (Lipinski definition) is 3. The third kappa shape index (κ3) is 4.34. The number of ether oxygens (including phenoxy) is 1. The molecule has 3 N–H and O–H groups in total. The first-order valence-corrected chi connectivity index (χ1v) is 13.4. The molecule has 35 heavy (non-hydrogen) atoms. The Morgan fingerprint density at radius 3 is 2.60 bits per heavy atom. The van der Waals surface area contributed by atoms with Crippen molar-refractivity contribution in [3.63, 3.8) is 0 Å². The van der Waals surface area contributed by atoms with E-state index in [1.54, 1.807) is 51.4 Å². The average molecular weight is 494 g/mol. The topological polar surface area (TPSA) is 105 Å². The number of para-hydroxylation sites is 1. The molecule has 2 aromatic carbocycles. The number of methoxy groups -OCH3 is 1. The fraction of sp³-hybridized carbons (Fsp3) is 0.385. The number of aryl methyl sites for hydroxylation is 1. The molecule has 1 saturated carbocycles. The predicted octanol–water partition coefficient (Wildman–Crippen LogP) is 4.60. The predicted molar refractivity (Wildman–Crippen MR) is 138 cm³/mol. The van der Waals surface area contributed by atoms with Gasteiger partial charge in [-0.1, -0.05) is 12.1 Å². The molecule has 3 aromatic rings. The highest BCUT2D eigenvalue weighted by Crippen LogP contribution is 2.52. The molecular weight excluding hydrogens is 462 g/mol. The van der Waals surface area contributed by atoms with Crippen LogP contribution in [0.3, 0.4) is 0 Å². The van der Waals surface area contributed by atoms with Crippen LogP contribution in [-0.4, -0.2) is 37.3 Å². The van der Waals surface area contributed by atoms with Crippen LogP contribution in [0.15, 0.2) is 47.5 Å². The summed E-state index contributed by atoms with van der Waals surface area (Å²) in [4.78, 5) is 9.36. The molecular formula is C26H31N5O3S. The number of benzene rings is 2. The summed E-state index contributed by atoms with van der Waals surface area (Å²) in [7, 11) is -1.80. The van der Waals surface area contributed by atoms with Gasteiger partial charge in [0.15, 0.2) is 9.84 Å². The molecule has 0 amide bonds. The first kappa shape index (κ1) is 23.6. The van der Waals surface area contributed by atoms with Gasteiger partial charge >= 0.3 is 0 Å². The zero-order chi connectivity index (χ0) is 24.8. The third-order valence-electron chi connectivity index (χ3n) is 6.91. The molecule has 0 atom stereocenters. The highest BCUT2D eigenvalue weighted by Gasteiger charge is 2.47. The van der Waals surface area contributed by atoms with E-state index in [2.05, 4.69) is 38.1 Å². The quantitative estimate of drug-likeness (QED) is 0.439. The molecule has 1 spiro atoms. The Balaban J connectivity index is 1.46. The molecule has 9 heteroatoms. The van der Waals surface area contributed by atoms with E-state index in [1.807, 2.05) is 6.92 Å². The fourth-order valence-corrected chi connectivity index (χ4v) is 5.81. The van der Waals surface area contributed by atoms with Gasteiger partial charge in [-0.2, -0.15) is 4.98 Å². The maximum Gasteiger partial charge on any atom is 0.229 e. The summed E-state index contributed by atoms with van der Waals surface area (Å²) < 4.78 is 31.4. The molecule has 1 aliphatic carbocycles. The Morgan fingerprint density at radius 2 is 1.89 bits per heavy atom. The van der Waals surface area contributed by atoms with Gasteiger partial charge in [-0.25, -0.2) is 13.4 Å². The highest BCUT2D eigenvalue weighted by atomic mass is 32.2. The van der Waals surface area contributed by atoms with E-state index in [9.17, 15) is 8.42 Å². The first-order valence-electron chi connectivity index (χ1n) is 11.9. The molecule has 2 aliphatic rings. The van der Waals surface area contributed by atoms with Crippen molar-refractivity contribution in [1.29, 1.82) is 0 Å². The van der Waals surface area contributed by atoms with Crippen LogP contribution in [0, 0.1) is 6.92 Å². The van der Waals surface area contributed by atoms with Crippen molar-refractivity contribution in [2.75, 3.05) is 24.3 Å². The molecule has 184 valence electrons. The monoisotopic (exact) mass is 493 g/mol. The van der Waals surface area contributed by atoms with Crippen molar-refractivity contribution in [1.82, 2.24) is 15.3 Å². The SMILES string of the molecule is COc1cc2c(cc1Nc1ncc(C)c(Nc3ccccc3S(=O)(=O)C(C)C)n1)CNCC21CC1. The second kappa shape index (κ2) is 8.80. The second-order valence-corrected chi connectivity index (χ2v) is 12.1. The van der Waals surface area contributed by atoms with Crippen LogP contribution in [0.4, 0.5) is 23.1 Å². The van der Waals surface area contributed by atoms with Crippen LogP contribution in [0.25, 0.3) is 0 Å². The minimum atomic E-state index is -3.47. The summed E-state index contributed by atoms with van der Waals surface area (Å²) in [6.07, 6.45) is 4.11. The van der Waals surface area contributed by atoms with Crippen LogP contribution >= 0.6 is 0 Å². The van der Waals surface area contributed by atoms with E-state index in [-0.39, 0.29) is 10.3 Å². The van der Waals surface area contributed by atoms with E-state index in [4.69, 9.17) is 4.74 Å². The van der Waals surface area contributed by atoms with Crippen molar-refractivity contribution < 1.29 is 13.2 Å². The molecule has 1 aliphatic heterocycles.